The van der Waals surface area contributed by atoms with Crippen molar-refractivity contribution in [3.63, 3.8) is 0 Å². The van der Waals surface area contributed by atoms with Crippen LogP contribution in [0.1, 0.15) is 5.56 Å². The number of rotatable bonds is 3. The minimum Gasteiger partial charge on any atom is -0.486 e. The van der Waals surface area contributed by atoms with Crippen molar-refractivity contribution < 1.29 is 9.47 Å². The normalized spacial score (nSPS) is 14.2. The summed E-state index contributed by atoms with van der Waals surface area (Å²) in [6.07, 6.45) is 5.28. The summed E-state index contributed by atoms with van der Waals surface area (Å²) >= 11 is 1.54. The highest BCUT2D eigenvalue weighted by Gasteiger charge is 2.14. The molecule has 0 aliphatic carbocycles. The second kappa shape index (κ2) is 6.90. The number of pyridine rings is 1. The molecule has 1 aliphatic rings. The molecule has 25 heavy (non-hydrogen) atoms. The summed E-state index contributed by atoms with van der Waals surface area (Å²) in [7, 11) is 1.76. The van der Waals surface area contributed by atoms with Gasteiger partial charge in [0.05, 0.1) is 11.9 Å². The summed E-state index contributed by atoms with van der Waals surface area (Å²) in [4.78, 5) is 9.23. The third-order valence-electron chi connectivity index (χ3n) is 3.72. The Morgan fingerprint density at radius 3 is 2.88 bits per heavy atom. The Morgan fingerprint density at radius 1 is 1.20 bits per heavy atom. The fourth-order valence-electron chi connectivity index (χ4n) is 2.54. The van der Waals surface area contributed by atoms with Gasteiger partial charge in [-0.15, -0.1) is 11.3 Å². The van der Waals surface area contributed by atoms with Crippen LogP contribution in [0.25, 0.3) is 11.3 Å². The van der Waals surface area contributed by atoms with Gasteiger partial charge in [0.15, 0.2) is 11.5 Å². The number of hydrogen-bond donors (Lipinski definition) is 0. The standard InChI is InChI=1S/C18H16N4O2S/c1-19-18-22(21-11-13-3-2-6-20-10-13)15(12-25-18)14-4-5-16-17(9-14)24-8-7-23-16/h2-6,9-12H,7-8H2,1H3/b19-18?,21-11-. The van der Waals surface area contributed by atoms with Crippen LogP contribution in [0.2, 0.25) is 0 Å². The van der Waals surface area contributed by atoms with Crippen LogP contribution in [0.15, 0.2) is 58.2 Å². The van der Waals surface area contributed by atoms with E-state index in [1.807, 2.05) is 40.4 Å². The fourth-order valence-corrected chi connectivity index (χ4v) is 3.34. The van der Waals surface area contributed by atoms with Crippen LogP contribution in [0.4, 0.5) is 0 Å². The number of aromatic nitrogens is 2. The van der Waals surface area contributed by atoms with Gasteiger partial charge in [-0.05, 0) is 24.3 Å². The van der Waals surface area contributed by atoms with Gasteiger partial charge in [-0.2, -0.15) is 5.10 Å². The Kier molecular flexibility index (Phi) is 4.30. The summed E-state index contributed by atoms with van der Waals surface area (Å²) in [6, 6.07) is 9.75. The van der Waals surface area contributed by atoms with Crippen molar-refractivity contribution in [3.8, 4) is 22.8 Å². The Bertz CT molecular complexity index is 976. The van der Waals surface area contributed by atoms with Crippen LogP contribution < -0.4 is 14.3 Å². The zero-order chi connectivity index (χ0) is 17.1. The van der Waals surface area contributed by atoms with Crippen LogP contribution in [0.5, 0.6) is 11.5 Å². The van der Waals surface area contributed by atoms with Gasteiger partial charge in [0.25, 0.3) is 0 Å². The zero-order valence-electron chi connectivity index (χ0n) is 13.6. The second-order valence-corrected chi connectivity index (χ2v) is 6.16. The van der Waals surface area contributed by atoms with Crippen molar-refractivity contribution >= 4 is 17.6 Å². The Labute approximate surface area is 148 Å². The topological polar surface area (TPSA) is 61.0 Å². The molecule has 3 heterocycles. The third kappa shape index (κ3) is 3.18. The highest BCUT2D eigenvalue weighted by Crippen LogP contribution is 2.34. The van der Waals surface area contributed by atoms with E-state index in [0.717, 1.165) is 33.1 Å². The molecule has 126 valence electrons. The lowest BCUT2D eigenvalue weighted by Gasteiger charge is -2.18. The van der Waals surface area contributed by atoms with E-state index in [9.17, 15) is 0 Å². The van der Waals surface area contributed by atoms with Crippen molar-refractivity contribution in [2.75, 3.05) is 20.3 Å². The van der Waals surface area contributed by atoms with Gasteiger partial charge in [-0.1, -0.05) is 6.07 Å². The first-order valence-corrected chi connectivity index (χ1v) is 8.71. The molecule has 0 spiro atoms. The molecule has 0 saturated carbocycles. The van der Waals surface area contributed by atoms with Crippen molar-refractivity contribution in [1.29, 1.82) is 0 Å². The van der Waals surface area contributed by atoms with Crippen LogP contribution >= 0.6 is 11.3 Å². The molecule has 2 aromatic heterocycles. The molecule has 1 aromatic carbocycles. The molecule has 0 N–H and O–H groups in total. The maximum absolute atomic E-state index is 5.69. The number of hydrogen-bond acceptors (Lipinski definition) is 6. The van der Waals surface area contributed by atoms with Gasteiger partial charge in [0, 0.05) is 35.9 Å². The molecular formula is C18H16N4O2S. The molecule has 0 bridgehead atoms. The molecule has 0 saturated heterocycles. The molecular weight excluding hydrogens is 336 g/mol. The summed E-state index contributed by atoms with van der Waals surface area (Å²) in [5.74, 6) is 1.53. The highest BCUT2D eigenvalue weighted by atomic mass is 32.1. The smallest absolute Gasteiger partial charge is 0.205 e. The average Bonchev–Trinajstić information content (AvgIpc) is 3.09. The third-order valence-corrected chi connectivity index (χ3v) is 4.63. The monoisotopic (exact) mass is 352 g/mol. The molecule has 0 radical (unpaired) electrons. The Morgan fingerprint density at radius 2 is 2.08 bits per heavy atom. The van der Waals surface area contributed by atoms with Crippen molar-refractivity contribution in [1.82, 2.24) is 9.66 Å². The lowest BCUT2D eigenvalue weighted by atomic mass is 10.1. The van der Waals surface area contributed by atoms with Gasteiger partial charge < -0.3 is 9.47 Å². The van der Waals surface area contributed by atoms with E-state index in [4.69, 9.17) is 9.47 Å². The number of thiazole rings is 1. The van der Waals surface area contributed by atoms with Crippen LogP contribution in [-0.2, 0) is 0 Å². The predicted molar refractivity (Wildman–Crippen MR) is 97.5 cm³/mol. The Hall–Kier alpha value is -2.93. The van der Waals surface area contributed by atoms with Crippen molar-refractivity contribution in [2.24, 2.45) is 10.1 Å². The number of fused-ring (bicyclic) bond motifs is 1. The summed E-state index contributed by atoms with van der Waals surface area (Å²) < 4.78 is 13.1. The van der Waals surface area contributed by atoms with E-state index in [0.29, 0.717) is 13.2 Å². The summed E-state index contributed by atoms with van der Waals surface area (Å²) in [5, 5.41) is 6.63. The van der Waals surface area contributed by atoms with E-state index < -0.39 is 0 Å². The van der Waals surface area contributed by atoms with Gasteiger partial charge in [0.1, 0.15) is 13.2 Å². The van der Waals surface area contributed by atoms with E-state index in [1.165, 1.54) is 11.3 Å². The minimum atomic E-state index is 0.564. The first kappa shape index (κ1) is 15.6. The molecule has 4 rings (SSSR count). The van der Waals surface area contributed by atoms with Gasteiger partial charge in [-0.25, -0.2) is 4.68 Å². The Balaban J connectivity index is 1.76. The van der Waals surface area contributed by atoms with Gasteiger partial charge in [-0.3, -0.25) is 9.98 Å². The predicted octanol–water partition coefficient (Wildman–Crippen LogP) is 2.80. The van der Waals surface area contributed by atoms with Crippen molar-refractivity contribution in [2.45, 2.75) is 0 Å². The van der Waals surface area contributed by atoms with Crippen LogP contribution in [-0.4, -0.2) is 36.1 Å². The SMILES string of the molecule is CN=c1scc(-c2ccc3c(c2)OCCO3)n1/N=C\c1cccnc1. The minimum absolute atomic E-state index is 0.564. The number of ether oxygens (including phenoxy) is 2. The first-order valence-electron chi connectivity index (χ1n) is 7.83. The maximum Gasteiger partial charge on any atom is 0.205 e. The molecule has 6 nitrogen and oxygen atoms in total. The van der Waals surface area contributed by atoms with Crippen LogP contribution in [0, 0.1) is 0 Å². The molecule has 1 aliphatic heterocycles. The number of nitrogens with zero attached hydrogens (tertiary/aromatic N) is 4. The van der Waals surface area contributed by atoms with E-state index in [-0.39, 0.29) is 0 Å². The fraction of sp³-hybridized carbons (Fsp3) is 0.167. The van der Waals surface area contributed by atoms with Gasteiger partial charge in [0.2, 0.25) is 4.80 Å². The maximum atomic E-state index is 5.69. The second-order valence-electron chi connectivity index (χ2n) is 5.33. The molecule has 0 fully saturated rings. The molecule has 7 heteroatoms. The zero-order valence-corrected chi connectivity index (χ0v) is 14.4. The van der Waals surface area contributed by atoms with E-state index in [1.54, 1.807) is 25.7 Å². The van der Waals surface area contributed by atoms with Gasteiger partial charge >= 0.3 is 0 Å². The number of benzene rings is 1. The molecule has 3 aromatic rings. The van der Waals surface area contributed by atoms with E-state index in [2.05, 4.69) is 15.1 Å². The molecule has 0 atom stereocenters. The summed E-state index contributed by atoms with van der Waals surface area (Å²) in [6.45, 7) is 1.15. The first-order chi connectivity index (χ1) is 12.3. The quantitative estimate of drug-likeness (QED) is 0.681. The lowest BCUT2D eigenvalue weighted by molar-refractivity contribution is 0.171. The van der Waals surface area contributed by atoms with E-state index >= 15 is 0 Å². The summed E-state index contributed by atoms with van der Waals surface area (Å²) in [5.41, 5.74) is 2.87. The largest absolute Gasteiger partial charge is 0.486 e. The lowest BCUT2D eigenvalue weighted by Crippen LogP contribution is -2.15. The van der Waals surface area contributed by atoms with Crippen molar-refractivity contribution in [3.05, 3.63) is 58.5 Å². The molecule has 0 amide bonds. The average molecular weight is 352 g/mol. The van der Waals surface area contributed by atoms with Crippen LogP contribution in [0.3, 0.4) is 0 Å². The highest BCUT2D eigenvalue weighted by molar-refractivity contribution is 7.07. The molecule has 0 unspecified atom stereocenters.